The quantitative estimate of drug-likeness (QED) is 0.214. The Morgan fingerprint density at radius 2 is 1.86 bits per heavy atom. The molecule has 0 radical (unpaired) electrons. The van der Waals surface area contributed by atoms with Crippen LogP contribution >= 0.6 is 0 Å². The molecule has 0 aromatic carbocycles. The first-order valence-electron chi connectivity index (χ1n) is 8.97. The predicted molar refractivity (Wildman–Crippen MR) is 100 cm³/mol. The number of hydrogen-bond donors (Lipinski definition) is 6. The molecule has 0 aliphatic carbocycles. The minimum Gasteiger partial charge on any atom is -0.396 e. The zero-order chi connectivity index (χ0) is 20.9. The van der Waals surface area contributed by atoms with Gasteiger partial charge in [0.1, 0.15) is 30.5 Å². The predicted octanol–water partition coefficient (Wildman–Crippen LogP) is -1.56. The molecule has 0 aromatic heterocycles. The van der Waals surface area contributed by atoms with E-state index in [-0.39, 0.29) is 13.0 Å². The summed E-state index contributed by atoms with van der Waals surface area (Å²) in [7, 11) is 0. The van der Waals surface area contributed by atoms with Gasteiger partial charge in [-0.2, -0.15) is 0 Å². The number of ether oxygens (including phenoxy) is 2. The van der Waals surface area contributed by atoms with Crippen molar-refractivity contribution in [1.29, 1.82) is 0 Å². The Morgan fingerprint density at radius 1 is 1.11 bits per heavy atom. The largest absolute Gasteiger partial charge is 0.396 e. The monoisotopic (exact) mass is 396 g/mol. The van der Waals surface area contributed by atoms with Crippen LogP contribution < -0.4 is 0 Å². The van der Waals surface area contributed by atoms with Crippen LogP contribution in [0.5, 0.6) is 0 Å². The maximum absolute atomic E-state index is 10.4. The highest BCUT2D eigenvalue weighted by Crippen LogP contribution is 2.24. The Bertz CT molecular complexity index is 622. The van der Waals surface area contributed by atoms with Gasteiger partial charge in [0.15, 0.2) is 6.29 Å². The van der Waals surface area contributed by atoms with Crippen LogP contribution in [0.4, 0.5) is 0 Å². The van der Waals surface area contributed by atoms with Crippen LogP contribution in [0.2, 0.25) is 0 Å². The van der Waals surface area contributed by atoms with Gasteiger partial charge in [0.05, 0.1) is 12.7 Å². The van der Waals surface area contributed by atoms with Crippen LogP contribution in [0.3, 0.4) is 0 Å². The Hall–Kier alpha value is -1.72. The molecule has 1 aliphatic rings. The fraction of sp³-hybridized carbons (Fsp3) is 0.600. The molecule has 0 unspecified atom stereocenters. The summed E-state index contributed by atoms with van der Waals surface area (Å²) in [6, 6.07) is 0. The van der Waals surface area contributed by atoms with E-state index in [9.17, 15) is 25.5 Å². The first-order chi connectivity index (χ1) is 13.5. The molecule has 6 N–H and O–H groups in total. The van der Waals surface area contributed by atoms with Gasteiger partial charge in [0.25, 0.3) is 0 Å². The molecule has 156 valence electrons. The maximum atomic E-state index is 10.4. The minimum atomic E-state index is -1.59. The van der Waals surface area contributed by atoms with Crippen LogP contribution in [0, 0.1) is 23.7 Å². The molecular weight excluding hydrogens is 368 g/mol. The third-order valence-electron chi connectivity index (χ3n) is 3.92. The summed E-state index contributed by atoms with van der Waals surface area (Å²) in [6.45, 7) is 1.14. The molecule has 1 aliphatic heterocycles. The topological polar surface area (TPSA) is 140 Å². The lowest BCUT2D eigenvalue weighted by Gasteiger charge is -2.41. The third kappa shape index (κ3) is 7.72. The van der Waals surface area contributed by atoms with Crippen molar-refractivity contribution in [2.24, 2.45) is 0 Å². The van der Waals surface area contributed by atoms with Gasteiger partial charge in [-0.15, -0.1) is 0 Å². The van der Waals surface area contributed by atoms with E-state index in [1.165, 1.54) is 6.08 Å². The van der Waals surface area contributed by atoms with Crippen molar-refractivity contribution in [2.45, 2.75) is 62.7 Å². The van der Waals surface area contributed by atoms with Gasteiger partial charge in [-0.3, -0.25) is 0 Å². The van der Waals surface area contributed by atoms with Gasteiger partial charge >= 0.3 is 0 Å². The summed E-state index contributed by atoms with van der Waals surface area (Å²) in [6.07, 6.45) is -2.49. The van der Waals surface area contributed by atoms with Gasteiger partial charge in [-0.25, -0.2) is 0 Å². The van der Waals surface area contributed by atoms with Crippen molar-refractivity contribution in [2.75, 3.05) is 13.2 Å². The summed E-state index contributed by atoms with van der Waals surface area (Å²) in [5, 5.41) is 58.3. The van der Waals surface area contributed by atoms with E-state index < -0.39 is 49.5 Å². The van der Waals surface area contributed by atoms with Crippen molar-refractivity contribution in [1.82, 2.24) is 0 Å². The fourth-order valence-electron chi connectivity index (χ4n) is 2.38. The molecule has 7 atom stereocenters. The summed E-state index contributed by atoms with van der Waals surface area (Å²) in [5.41, 5.74) is 0. The van der Waals surface area contributed by atoms with E-state index in [0.717, 1.165) is 0 Å². The average molecular weight is 396 g/mol. The van der Waals surface area contributed by atoms with E-state index in [1.807, 2.05) is 6.92 Å². The molecule has 8 heteroatoms. The third-order valence-corrected chi connectivity index (χ3v) is 3.92. The molecular formula is C20H28O8. The summed E-state index contributed by atoms with van der Waals surface area (Å²) >= 11 is 0. The van der Waals surface area contributed by atoms with Gasteiger partial charge in [-0.1, -0.05) is 30.1 Å². The smallest absolute Gasteiger partial charge is 0.187 e. The normalized spacial score (nSPS) is 29.8. The van der Waals surface area contributed by atoms with Crippen LogP contribution in [-0.2, 0) is 9.47 Å². The first-order valence-corrected chi connectivity index (χ1v) is 8.97. The molecule has 1 saturated heterocycles. The van der Waals surface area contributed by atoms with Crippen molar-refractivity contribution in [3.8, 4) is 23.7 Å². The lowest BCUT2D eigenvalue weighted by atomic mass is 9.99. The molecule has 0 bridgehead atoms. The minimum absolute atomic E-state index is 0.00999. The van der Waals surface area contributed by atoms with E-state index in [0.29, 0.717) is 6.42 Å². The summed E-state index contributed by atoms with van der Waals surface area (Å²) < 4.78 is 10.9. The summed E-state index contributed by atoms with van der Waals surface area (Å²) in [4.78, 5) is 0. The van der Waals surface area contributed by atoms with E-state index in [2.05, 4.69) is 23.7 Å². The first kappa shape index (κ1) is 24.3. The maximum Gasteiger partial charge on any atom is 0.187 e. The highest BCUT2D eigenvalue weighted by molar-refractivity contribution is 5.30. The Kier molecular flexibility index (Phi) is 11.7. The SMILES string of the molecule is C/C=C/C#CC#CC[C@H](O)[C@H](/C=C/CCO)O[C@H]1O[C@@H](CO)[C@H](O)[C@@H](O)[C@@H]1O. The molecule has 1 heterocycles. The van der Waals surface area contributed by atoms with Crippen molar-refractivity contribution >= 4 is 0 Å². The number of aliphatic hydroxyl groups excluding tert-OH is 6. The fourth-order valence-corrected chi connectivity index (χ4v) is 2.38. The van der Waals surface area contributed by atoms with E-state index in [4.69, 9.17) is 14.6 Å². The van der Waals surface area contributed by atoms with Crippen LogP contribution in [0.15, 0.2) is 24.3 Å². The number of allylic oxidation sites excluding steroid dienone is 2. The number of rotatable bonds is 8. The van der Waals surface area contributed by atoms with E-state index in [1.54, 1.807) is 18.2 Å². The molecule has 0 spiro atoms. The Balaban J connectivity index is 2.84. The molecule has 1 rings (SSSR count). The van der Waals surface area contributed by atoms with Crippen molar-refractivity contribution in [3.05, 3.63) is 24.3 Å². The van der Waals surface area contributed by atoms with E-state index >= 15 is 0 Å². The van der Waals surface area contributed by atoms with Gasteiger partial charge in [0.2, 0.25) is 0 Å². The number of aliphatic hydroxyl groups is 6. The molecule has 0 saturated carbocycles. The lowest BCUT2D eigenvalue weighted by molar-refractivity contribution is -0.312. The van der Waals surface area contributed by atoms with Crippen molar-refractivity contribution in [3.63, 3.8) is 0 Å². The number of hydrogen-bond acceptors (Lipinski definition) is 8. The van der Waals surface area contributed by atoms with Crippen LogP contribution in [0.25, 0.3) is 0 Å². The molecule has 1 fully saturated rings. The molecule has 0 aromatic rings. The standard InChI is InChI=1S/C20H28O8/c1-2-3-4-5-6-7-10-14(23)15(11-8-9-12-21)27-20-19(26)18(25)17(24)16(13-22)28-20/h2-3,8,11,14-26H,9-10,12-13H2,1H3/b3-2+,11-8+/t14-,15-,16-,17-,18+,19-,20-/m0/s1. The van der Waals surface area contributed by atoms with Crippen molar-refractivity contribution < 1.29 is 40.1 Å². The van der Waals surface area contributed by atoms with Gasteiger partial charge in [-0.05, 0) is 31.3 Å². The van der Waals surface area contributed by atoms with Crippen LogP contribution in [0.1, 0.15) is 19.8 Å². The second-order valence-corrected chi connectivity index (χ2v) is 6.08. The summed E-state index contributed by atoms with van der Waals surface area (Å²) in [5.74, 6) is 10.6. The van der Waals surface area contributed by atoms with Gasteiger partial charge in [0, 0.05) is 13.0 Å². The second-order valence-electron chi connectivity index (χ2n) is 6.08. The molecule has 28 heavy (non-hydrogen) atoms. The Labute approximate surface area is 164 Å². The average Bonchev–Trinajstić information content (AvgIpc) is 2.69. The molecule has 0 amide bonds. The molecule has 8 nitrogen and oxygen atoms in total. The van der Waals surface area contributed by atoms with Crippen LogP contribution in [-0.4, -0.2) is 86.8 Å². The Morgan fingerprint density at radius 3 is 2.50 bits per heavy atom. The van der Waals surface area contributed by atoms with Gasteiger partial charge < -0.3 is 40.1 Å². The zero-order valence-corrected chi connectivity index (χ0v) is 15.7. The highest BCUT2D eigenvalue weighted by Gasteiger charge is 2.45. The highest BCUT2D eigenvalue weighted by atomic mass is 16.7. The lowest BCUT2D eigenvalue weighted by Crippen LogP contribution is -2.60. The second kappa shape index (κ2) is 13.5. The zero-order valence-electron chi connectivity index (χ0n) is 15.7.